The highest BCUT2D eigenvalue weighted by Crippen LogP contribution is 2.21. The van der Waals surface area contributed by atoms with Gasteiger partial charge >= 0.3 is 17.9 Å². The maximum Gasteiger partial charge on any atom is 0.330 e. The lowest BCUT2D eigenvalue weighted by atomic mass is 9.91. The number of hydrogen-bond donors (Lipinski definition) is 1. The van der Waals surface area contributed by atoms with Crippen molar-refractivity contribution in [2.45, 2.75) is 47.5 Å². The van der Waals surface area contributed by atoms with E-state index in [4.69, 9.17) is 9.84 Å². The molecule has 0 bridgehead atoms. The monoisotopic (exact) mass is 316 g/mol. The molecule has 0 aliphatic rings. The topological polar surface area (TPSA) is 89.9 Å². The number of aliphatic carboxylic acids is 1. The summed E-state index contributed by atoms with van der Waals surface area (Å²) in [6.07, 6.45) is 2.49. The zero-order valence-corrected chi connectivity index (χ0v) is 14.2. The Morgan fingerprint density at radius 1 is 1.18 bits per heavy atom. The molecular formula is C16H28O6. The van der Waals surface area contributed by atoms with Crippen molar-refractivity contribution in [3.05, 3.63) is 12.7 Å². The van der Waals surface area contributed by atoms with E-state index in [0.717, 1.165) is 12.5 Å². The standard InChI is InChI=1S/C11H18O4.C5H10O2/c1-5-9(12)14-7-8-15-10(13)11(3,4)6-2;1-3-4(2)5(6)7/h5H,1,6-8H2,2-4H3;4H,3H2,1-2H3,(H,6,7). The molecule has 0 aromatic heterocycles. The average Bonchev–Trinajstić information content (AvgIpc) is 2.50. The number of hydrogen-bond acceptors (Lipinski definition) is 5. The van der Waals surface area contributed by atoms with Gasteiger partial charge in [-0.25, -0.2) is 4.79 Å². The summed E-state index contributed by atoms with van der Waals surface area (Å²) in [7, 11) is 0. The van der Waals surface area contributed by atoms with Crippen LogP contribution in [0, 0.1) is 11.3 Å². The summed E-state index contributed by atoms with van der Waals surface area (Å²) in [6, 6.07) is 0. The first kappa shape index (κ1) is 22.4. The second-order valence-electron chi connectivity index (χ2n) is 5.39. The van der Waals surface area contributed by atoms with Gasteiger partial charge < -0.3 is 14.6 Å². The van der Waals surface area contributed by atoms with E-state index in [0.29, 0.717) is 6.42 Å². The minimum absolute atomic E-state index is 0.0659. The van der Waals surface area contributed by atoms with Crippen molar-refractivity contribution < 1.29 is 29.0 Å². The molecule has 0 aromatic rings. The van der Waals surface area contributed by atoms with Crippen LogP contribution in [0.1, 0.15) is 47.5 Å². The van der Waals surface area contributed by atoms with Gasteiger partial charge in [-0.15, -0.1) is 0 Å². The summed E-state index contributed by atoms with van der Waals surface area (Å²) < 4.78 is 9.60. The minimum atomic E-state index is -0.706. The summed E-state index contributed by atoms with van der Waals surface area (Å²) >= 11 is 0. The third-order valence-electron chi connectivity index (χ3n) is 3.20. The summed E-state index contributed by atoms with van der Waals surface area (Å²) in [4.78, 5) is 32.0. The molecule has 22 heavy (non-hydrogen) atoms. The van der Waals surface area contributed by atoms with Crippen LogP contribution in [0.15, 0.2) is 12.7 Å². The Balaban J connectivity index is 0. The lowest BCUT2D eigenvalue weighted by Crippen LogP contribution is -2.27. The Labute approximate surface area is 132 Å². The smallest absolute Gasteiger partial charge is 0.330 e. The van der Waals surface area contributed by atoms with Crippen LogP contribution in [-0.2, 0) is 23.9 Å². The molecule has 1 unspecified atom stereocenters. The SMILES string of the molecule is C=CC(=O)OCCOC(=O)C(C)(C)CC.CCC(C)C(=O)O. The predicted molar refractivity (Wildman–Crippen MR) is 83.3 cm³/mol. The van der Waals surface area contributed by atoms with E-state index in [2.05, 4.69) is 11.3 Å². The molecule has 0 saturated heterocycles. The van der Waals surface area contributed by atoms with Gasteiger partial charge in [-0.05, 0) is 26.7 Å². The fourth-order valence-corrected chi connectivity index (χ4v) is 0.850. The zero-order chi connectivity index (χ0) is 17.8. The van der Waals surface area contributed by atoms with E-state index in [1.165, 1.54) is 0 Å². The highest BCUT2D eigenvalue weighted by molar-refractivity contribution is 5.81. The van der Waals surface area contributed by atoms with E-state index in [1.807, 2.05) is 27.7 Å². The molecule has 0 amide bonds. The number of esters is 2. The van der Waals surface area contributed by atoms with Gasteiger partial charge in [0, 0.05) is 6.08 Å². The van der Waals surface area contributed by atoms with Crippen LogP contribution in [0.3, 0.4) is 0 Å². The summed E-state index contributed by atoms with van der Waals surface area (Å²) in [5.41, 5.74) is -0.484. The van der Waals surface area contributed by atoms with Crippen molar-refractivity contribution in [1.82, 2.24) is 0 Å². The first-order valence-electron chi connectivity index (χ1n) is 7.31. The van der Waals surface area contributed by atoms with Gasteiger partial charge in [-0.3, -0.25) is 9.59 Å². The molecule has 128 valence electrons. The van der Waals surface area contributed by atoms with Crippen molar-refractivity contribution in [1.29, 1.82) is 0 Å². The summed E-state index contributed by atoms with van der Waals surface area (Å²) in [5.74, 6) is -1.68. The second-order valence-corrected chi connectivity index (χ2v) is 5.39. The number of ether oxygens (including phenoxy) is 2. The second kappa shape index (κ2) is 11.8. The maximum absolute atomic E-state index is 11.4. The molecule has 0 fully saturated rings. The van der Waals surface area contributed by atoms with Crippen LogP contribution in [0.2, 0.25) is 0 Å². The fourth-order valence-electron chi connectivity index (χ4n) is 0.850. The molecule has 0 saturated carbocycles. The van der Waals surface area contributed by atoms with E-state index in [-0.39, 0.29) is 25.1 Å². The van der Waals surface area contributed by atoms with E-state index in [1.54, 1.807) is 6.92 Å². The Bertz CT molecular complexity index is 373. The van der Waals surface area contributed by atoms with Crippen LogP contribution < -0.4 is 0 Å². The largest absolute Gasteiger partial charge is 0.481 e. The lowest BCUT2D eigenvalue weighted by molar-refractivity contribution is -0.157. The van der Waals surface area contributed by atoms with E-state index >= 15 is 0 Å². The number of rotatable bonds is 8. The van der Waals surface area contributed by atoms with E-state index < -0.39 is 17.4 Å². The van der Waals surface area contributed by atoms with Crippen LogP contribution in [0.5, 0.6) is 0 Å². The molecule has 1 N–H and O–H groups in total. The molecule has 0 aliphatic heterocycles. The molecule has 6 nitrogen and oxygen atoms in total. The highest BCUT2D eigenvalue weighted by Gasteiger charge is 2.26. The highest BCUT2D eigenvalue weighted by atomic mass is 16.6. The third kappa shape index (κ3) is 10.9. The first-order chi connectivity index (χ1) is 10.1. The normalized spacial score (nSPS) is 11.5. The first-order valence-corrected chi connectivity index (χ1v) is 7.31. The Hall–Kier alpha value is -1.85. The van der Waals surface area contributed by atoms with Gasteiger partial charge in [0.2, 0.25) is 0 Å². The van der Waals surface area contributed by atoms with Gasteiger partial charge in [0.25, 0.3) is 0 Å². The van der Waals surface area contributed by atoms with Crippen LogP contribution in [0.4, 0.5) is 0 Å². The molecule has 6 heteroatoms. The van der Waals surface area contributed by atoms with Gasteiger partial charge in [-0.1, -0.05) is 27.4 Å². The average molecular weight is 316 g/mol. The van der Waals surface area contributed by atoms with Gasteiger partial charge in [0.05, 0.1) is 11.3 Å². The van der Waals surface area contributed by atoms with Crippen molar-refractivity contribution in [2.75, 3.05) is 13.2 Å². The minimum Gasteiger partial charge on any atom is -0.481 e. The van der Waals surface area contributed by atoms with Gasteiger partial charge in [-0.2, -0.15) is 0 Å². The Kier molecular flexibility index (Phi) is 12.0. The van der Waals surface area contributed by atoms with Crippen molar-refractivity contribution in [3.8, 4) is 0 Å². The maximum atomic E-state index is 11.4. The van der Waals surface area contributed by atoms with Crippen molar-refractivity contribution >= 4 is 17.9 Å². The van der Waals surface area contributed by atoms with Crippen molar-refractivity contribution in [3.63, 3.8) is 0 Å². The van der Waals surface area contributed by atoms with Crippen LogP contribution >= 0.6 is 0 Å². The molecule has 0 rings (SSSR count). The van der Waals surface area contributed by atoms with Gasteiger partial charge in [0.1, 0.15) is 13.2 Å². The van der Waals surface area contributed by atoms with Crippen LogP contribution in [-0.4, -0.2) is 36.2 Å². The molecule has 0 heterocycles. The van der Waals surface area contributed by atoms with Gasteiger partial charge in [0.15, 0.2) is 0 Å². The van der Waals surface area contributed by atoms with Crippen molar-refractivity contribution in [2.24, 2.45) is 11.3 Å². The number of carboxylic acid groups (broad SMARTS) is 1. The number of carbonyl (C=O) groups excluding carboxylic acids is 2. The van der Waals surface area contributed by atoms with E-state index in [9.17, 15) is 14.4 Å². The molecule has 1 atom stereocenters. The van der Waals surface area contributed by atoms with Crippen LogP contribution in [0.25, 0.3) is 0 Å². The Morgan fingerprint density at radius 2 is 1.68 bits per heavy atom. The fraction of sp³-hybridized carbons (Fsp3) is 0.688. The molecule has 0 radical (unpaired) electrons. The lowest BCUT2D eigenvalue weighted by Gasteiger charge is -2.20. The quantitative estimate of drug-likeness (QED) is 0.421. The summed E-state index contributed by atoms with van der Waals surface area (Å²) in [6.45, 7) is 12.5. The third-order valence-corrected chi connectivity index (χ3v) is 3.20. The predicted octanol–water partition coefficient (Wildman–Crippen LogP) is 2.81. The summed E-state index contributed by atoms with van der Waals surface area (Å²) in [5, 5.41) is 8.18. The molecule has 0 aromatic carbocycles. The molecule has 0 spiro atoms. The Morgan fingerprint density at radius 3 is 2.00 bits per heavy atom. The molecule has 0 aliphatic carbocycles. The zero-order valence-electron chi connectivity index (χ0n) is 14.2. The number of carboxylic acids is 1. The number of carbonyl (C=O) groups is 3. The molecular weight excluding hydrogens is 288 g/mol.